The quantitative estimate of drug-likeness (QED) is 0.204. The van der Waals surface area contributed by atoms with Crippen LogP contribution in [-0.4, -0.2) is 44.3 Å². The van der Waals surface area contributed by atoms with Crippen LogP contribution in [0.15, 0.2) is 66.7 Å². The van der Waals surface area contributed by atoms with E-state index in [0.717, 1.165) is 17.1 Å². The summed E-state index contributed by atoms with van der Waals surface area (Å²) in [7, 11) is -0.189. The Bertz CT molecular complexity index is 1660. The van der Waals surface area contributed by atoms with Crippen LogP contribution in [0.5, 0.6) is 11.5 Å². The highest BCUT2D eigenvalue weighted by Crippen LogP contribution is 2.36. The van der Waals surface area contributed by atoms with Crippen molar-refractivity contribution < 1.29 is 27.5 Å². The molecule has 0 bridgehead atoms. The first-order chi connectivity index (χ1) is 19.8. The standard InChI is InChI=1S/C29H29N5O6S/c1-39-22-15-20(16-23(17-22)40-2)31-28-29(33-25-9-4-3-8-24(25)32-28)34(41(37)38)21-7-5-6-19(14-21)30-27(36)13-12-26(35)18-10-11-18/h3-9,14-18,41H,10-13H2,1-2H3,(H,30,36)(H,31,32). The van der Waals surface area contributed by atoms with Crippen molar-refractivity contribution in [3.63, 3.8) is 0 Å². The number of nitrogens with one attached hydrogen (secondary N) is 2. The molecule has 212 valence electrons. The van der Waals surface area contributed by atoms with Crippen LogP contribution < -0.4 is 24.4 Å². The van der Waals surface area contributed by atoms with Gasteiger partial charge in [-0.15, -0.1) is 0 Å². The number of thiol groups is 1. The summed E-state index contributed by atoms with van der Waals surface area (Å²) in [5.41, 5.74) is 2.20. The highest BCUT2D eigenvalue weighted by Gasteiger charge is 2.29. The molecule has 1 aliphatic rings. The number of amides is 1. The van der Waals surface area contributed by atoms with Gasteiger partial charge in [-0.25, -0.2) is 22.7 Å². The Hall–Kier alpha value is -4.71. The van der Waals surface area contributed by atoms with Gasteiger partial charge >= 0.3 is 0 Å². The van der Waals surface area contributed by atoms with E-state index in [1.807, 2.05) is 6.07 Å². The first-order valence-electron chi connectivity index (χ1n) is 13.0. The van der Waals surface area contributed by atoms with Crippen LogP contribution in [-0.2, 0) is 20.5 Å². The number of hydrogen-bond acceptors (Lipinski definition) is 9. The highest BCUT2D eigenvalue weighted by atomic mass is 32.2. The van der Waals surface area contributed by atoms with Crippen LogP contribution in [0.25, 0.3) is 11.0 Å². The average molecular weight is 576 g/mol. The van der Waals surface area contributed by atoms with Gasteiger partial charge in [-0.2, -0.15) is 0 Å². The zero-order valence-corrected chi connectivity index (χ0v) is 23.4. The summed E-state index contributed by atoms with van der Waals surface area (Å²) in [5.74, 6) is 1.12. The smallest absolute Gasteiger partial charge is 0.230 e. The Balaban J connectivity index is 1.49. The van der Waals surface area contributed by atoms with Gasteiger partial charge < -0.3 is 20.1 Å². The number of aromatic nitrogens is 2. The van der Waals surface area contributed by atoms with Crippen LogP contribution in [0.2, 0.25) is 0 Å². The van der Waals surface area contributed by atoms with Crippen molar-refractivity contribution in [2.24, 2.45) is 5.92 Å². The number of ether oxygens (including phenoxy) is 2. The van der Waals surface area contributed by atoms with Crippen molar-refractivity contribution in [3.8, 4) is 11.5 Å². The molecule has 2 N–H and O–H groups in total. The van der Waals surface area contributed by atoms with Gasteiger partial charge in [-0.3, -0.25) is 9.59 Å². The normalized spacial score (nSPS) is 12.7. The number of anilines is 5. The number of rotatable bonds is 12. The number of fused-ring (bicyclic) bond motifs is 1. The molecule has 0 saturated heterocycles. The van der Waals surface area contributed by atoms with E-state index >= 15 is 0 Å². The molecule has 1 saturated carbocycles. The van der Waals surface area contributed by atoms with Gasteiger partial charge in [0.2, 0.25) is 16.8 Å². The monoisotopic (exact) mass is 575 g/mol. The van der Waals surface area contributed by atoms with Gasteiger partial charge in [0.1, 0.15) is 17.3 Å². The summed E-state index contributed by atoms with van der Waals surface area (Å²) in [6.45, 7) is 0. The molecule has 1 fully saturated rings. The Morgan fingerprint density at radius 2 is 1.56 bits per heavy atom. The number of nitrogens with zero attached hydrogens (tertiary/aromatic N) is 3. The molecule has 1 amide bonds. The fourth-order valence-corrected chi connectivity index (χ4v) is 4.92. The lowest BCUT2D eigenvalue weighted by molar-refractivity contribution is -0.123. The van der Waals surface area contributed by atoms with E-state index in [1.54, 1.807) is 54.6 Å². The predicted octanol–water partition coefficient (Wildman–Crippen LogP) is 4.75. The van der Waals surface area contributed by atoms with Crippen molar-refractivity contribution in [3.05, 3.63) is 66.7 Å². The third-order valence-electron chi connectivity index (χ3n) is 6.54. The molecule has 1 heterocycles. The van der Waals surface area contributed by atoms with Crippen molar-refractivity contribution in [2.75, 3.05) is 29.2 Å². The summed E-state index contributed by atoms with van der Waals surface area (Å²) in [6, 6.07) is 18.6. The van der Waals surface area contributed by atoms with E-state index in [0.29, 0.717) is 33.9 Å². The third-order valence-corrected chi connectivity index (χ3v) is 7.28. The fourth-order valence-electron chi connectivity index (χ4n) is 4.32. The molecular formula is C29H29N5O6S. The summed E-state index contributed by atoms with van der Waals surface area (Å²) in [5, 5.41) is 5.92. The minimum absolute atomic E-state index is 0.0279. The number of Topliss-reactive ketones (excluding diaryl/α,β-unsaturated/α-hetero) is 1. The Kier molecular flexibility index (Phi) is 8.29. The molecule has 1 aromatic heterocycles. The highest BCUT2D eigenvalue weighted by molar-refractivity contribution is 7.74. The van der Waals surface area contributed by atoms with Crippen LogP contribution in [0.1, 0.15) is 25.7 Å². The van der Waals surface area contributed by atoms with Crippen molar-refractivity contribution >= 4 is 62.3 Å². The lowest BCUT2D eigenvalue weighted by Crippen LogP contribution is -2.19. The summed E-state index contributed by atoms with van der Waals surface area (Å²) >= 11 is 0. The predicted molar refractivity (Wildman–Crippen MR) is 157 cm³/mol. The van der Waals surface area contributed by atoms with Crippen LogP contribution in [0, 0.1) is 5.92 Å². The Morgan fingerprint density at radius 1 is 0.878 bits per heavy atom. The van der Waals surface area contributed by atoms with Gasteiger partial charge in [-0.1, -0.05) is 18.2 Å². The lowest BCUT2D eigenvalue weighted by atomic mass is 10.1. The molecule has 0 aliphatic heterocycles. The number of hydrogen-bond donors (Lipinski definition) is 3. The van der Waals surface area contributed by atoms with Crippen molar-refractivity contribution in [1.82, 2.24) is 9.97 Å². The fraction of sp³-hybridized carbons (Fsp3) is 0.241. The van der Waals surface area contributed by atoms with Gasteiger partial charge in [0.25, 0.3) is 0 Å². The molecular weight excluding hydrogens is 546 g/mol. The maximum absolute atomic E-state index is 12.7. The van der Waals surface area contributed by atoms with Crippen molar-refractivity contribution in [1.29, 1.82) is 0 Å². The second kappa shape index (κ2) is 12.2. The number of carbonyl (C=O) groups excluding carboxylic acids is 2. The molecule has 41 heavy (non-hydrogen) atoms. The van der Waals surface area contributed by atoms with E-state index in [-0.39, 0.29) is 47.8 Å². The molecule has 0 spiro atoms. The Morgan fingerprint density at radius 3 is 2.20 bits per heavy atom. The number of para-hydroxylation sites is 2. The van der Waals surface area contributed by atoms with Crippen molar-refractivity contribution in [2.45, 2.75) is 25.7 Å². The van der Waals surface area contributed by atoms with E-state index < -0.39 is 10.9 Å². The topological polar surface area (TPSA) is 140 Å². The molecule has 5 rings (SSSR count). The second-order valence-corrected chi connectivity index (χ2v) is 10.4. The van der Waals surface area contributed by atoms with E-state index in [1.165, 1.54) is 20.3 Å². The molecule has 3 aromatic carbocycles. The maximum Gasteiger partial charge on any atom is 0.230 e. The number of benzene rings is 3. The van der Waals surface area contributed by atoms with Crippen LogP contribution in [0.3, 0.4) is 0 Å². The van der Waals surface area contributed by atoms with E-state index in [2.05, 4.69) is 20.6 Å². The van der Waals surface area contributed by atoms with E-state index in [4.69, 9.17) is 9.47 Å². The first kappa shape index (κ1) is 27.8. The maximum atomic E-state index is 12.7. The third kappa shape index (κ3) is 6.72. The van der Waals surface area contributed by atoms with Gasteiger partial charge in [0.15, 0.2) is 11.6 Å². The summed E-state index contributed by atoms with van der Waals surface area (Å²) in [4.78, 5) is 33.8. The second-order valence-electron chi connectivity index (χ2n) is 9.50. The zero-order chi connectivity index (χ0) is 28.9. The number of carbonyl (C=O) groups is 2. The first-order valence-corrected chi connectivity index (χ1v) is 14.1. The summed E-state index contributed by atoms with van der Waals surface area (Å²) in [6.07, 6.45) is 2.04. The van der Waals surface area contributed by atoms with Gasteiger partial charge in [0.05, 0.1) is 30.9 Å². The minimum Gasteiger partial charge on any atom is -0.497 e. The lowest BCUT2D eigenvalue weighted by Gasteiger charge is -2.21. The van der Waals surface area contributed by atoms with Crippen LogP contribution >= 0.6 is 0 Å². The zero-order valence-electron chi connectivity index (χ0n) is 22.5. The van der Waals surface area contributed by atoms with Gasteiger partial charge in [-0.05, 0) is 43.2 Å². The number of ketones is 1. The molecule has 4 aromatic rings. The number of methoxy groups -OCH3 is 2. The largest absolute Gasteiger partial charge is 0.497 e. The molecule has 1 aliphatic carbocycles. The molecule has 11 nitrogen and oxygen atoms in total. The van der Waals surface area contributed by atoms with Crippen LogP contribution in [0.4, 0.5) is 28.7 Å². The van der Waals surface area contributed by atoms with Gasteiger partial charge in [0, 0.05) is 48.3 Å². The molecule has 0 unspecified atom stereocenters. The van der Waals surface area contributed by atoms with E-state index in [9.17, 15) is 18.0 Å². The average Bonchev–Trinajstić information content (AvgIpc) is 3.82. The molecule has 0 atom stereocenters. The molecule has 12 heteroatoms. The molecule has 0 radical (unpaired) electrons. The SMILES string of the molecule is COc1cc(Nc2nc3ccccc3nc2N(c2cccc(NC(=O)CCC(=O)C3CC3)c2)[SH](=O)=O)cc(OC)c1. The summed E-state index contributed by atoms with van der Waals surface area (Å²) < 4.78 is 37.2. The minimum atomic E-state index is -3.25. The Labute approximate surface area is 238 Å².